The van der Waals surface area contributed by atoms with E-state index in [9.17, 15) is 4.79 Å². The second kappa shape index (κ2) is 8.11. The van der Waals surface area contributed by atoms with Gasteiger partial charge in [0, 0.05) is 18.5 Å². The van der Waals surface area contributed by atoms with Gasteiger partial charge in [-0.15, -0.1) is 0 Å². The summed E-state index contributed by atoms with van der Waals surface area (Å²) in [7, 11) is 0. The Labute approximate surface area is 186 Å². The second-order valence-corrected chi connectivity index (χ2v) is 8.16. The molecule has 0 spiro atoms. The van der Waals surface area contributed by atoms with Crippen LogP contribution in [0.15, 0.2) is 54.7 Å². The van der Waals surface area contributed by atoms with Crippen molar-refractivity contribution in [2.75, 3.05) is 0 Å². The number of benzene rings is 2. The van der Waals surface area contributed by atoms with Crippen molar-refractivity contribution in [3.05, 3.63) is 66.1 Å². The van der Waals surface area contributed by atoms with Gasteiger partial charge in [-0.3, -0.25) is 13.8 Å². The van der Waals surface area contributed by atoms with Gasteiger partial charge in [0.2, 0.25) is 0 Å². The fourth-order valence-electron chi connectivity index (χ4n) is 4.24. The van der Waals surface area contributed by atoms with E-state index in [-0.39, 0.29) is 5.97 Å². The quantitative estimate of drug-likeness (QED) is 0.322. The number of aryl methyl sites for hydroxylation is 2. The molecule has 0 N–H and O–H groups in total. The van der Waals surface area contributed by atoms with Gasteiger partial charge in [0.05, 0.1) is 17.2 Å². The van der Waals surface area contributed by atoms with Gasteiger partial charge >= 0.3 is 5.97 Å². The second-order valence-electron chi connectivity index (χ2n) is 8.16. The first-order valence-corrected chi connectivity index (χ1v) is 11.2. The van der Waals surface area contributed by atoms with Gasteiger partial charge in [-0.05, 0) is 49.6 Å². The minimum absolute atomic E-state index is 0.248. The van der Waals surface area contributed by atoms with Crippen molar-refractivity contribution in [2.45, 2.75) is 46.5 Å². The zero-order valence-corrected chi connectivity index (χ0v) is 18.6. The number of para-hydroxylation sites is 2. The highest BCUT2D eigenvalue weighted by atomic mass is 16.5. The molecule has 32 heavy (non-hydrogen) atoms. The Kier molecular flexibility index (Phi) is 5.13. The lowest BCUT2D eigenvalue weighted by Gasteiger charge is -2.09. The summed E-state index contributed by atoms with van der Waals surface area (Å²) in [5, 5.41) is 0.756. The summed E-state index contributed by atoms with van der Waals surface area (Å²) in [4.78, 5) is 22.5. The van der Waals surface area contributed by atoms with Crippen LogP contribution in [0.2, 0.25) is 0 Å². The lowest BCUT2D eigenvalue weighted by Crippen LogP contribution is -2.07. The van der Waals surface area contributed by atoms with E-state index in [0.717, 1.165) is 64.1 Å². The van der Waals surface area contributed by atoms with Crippen LogP contribution in [0.3, 0.4) is 0 Å². The number of ether oxygens (including phenoxy) is 1. The third-order valence-corrected chi connectivity index (χ3v) is 5.65. The van der Waals surface area contributed by atoms with Crippen LogP contribution in [-0.4, -0.2) is 24.9 Å². The van der Waals surface area contributed by atoms with E-state index >= 15 is 0 Å². The Morgan fingerprint density at radius 1 is 1.00 bits per heavy atom. The summed E-state index contributed by atoms with van der Waals surface area (Å²) in [6, 6.07) is 16.3. The van der Waals surface area contributed by atoms with Crippen LogP contribution >= 0.6 is 0 Å². The molecule has 0 saturated carbocycles. The summed E-state index contributed by atoms with van der Waals surface area (Å²) in [6.07, 6.45) is 4.75. The van der Waals surface area contributed by atoms with Gasteiger partial charge in [-0.2, -0.15) is 0 Å². The monoisotopic (exact) mass is 426 g/mol. The molecule has 0 radical (unpaired) electrons. The van der Waals surface area contributed by atoms with Crippen LogP contribution in [-0.2, 0) is 11.2 Å². The number of hydrogen-bond acceptors (Lipinski definition) is 4. The Bertz CT molecular complexity index is 1460. The number of esters is 1. The Morgan fingerprint density at radius 2 is 1.84 bits per heavy atom. The SMILES string of the molecule is CCCC(=O)Oc1cn(-c2cccc(C)c2)c2nc(CCC)n3c4ccccc4nc3c12. The molecule has 5 rings (SSSR count). The first kappa shape index (κ1) is 20.2. The van der Waals surface area contributed by atoms with Gasteiger partial charge in [-0.1, -0.05) is 38.1 Å². The lowest BCUT2D eigenvalue weighted by atomic mass is 10.2. The zero-order chi connectivity index (χ0) is 22.2. The topological polar surface area (TPSA) is 61.4 Å². The van der Waals surface area contributed by atoms with E-state index in [1.54, 1.807) is 0 Å². The lowest BCUT2D eigenvalue weighted by molar-refractivity contribution is -0.134. The highest BCUT2D eigenvalue weighted by molar-refractivity contribution is 6.01. The summed E-state index contributed by atoms with van der Waals surface area (Å²) >= 11 is 0. The smallest absolute Gasteiger partial charge is 0.311 e. The average Bonchev–Trinajstić information content (AvgIpc) is 3.33. The molecule has 6 nitrogen and oxygen atoms in total. The standard InChI is InChI=1S/C26H26N4O2/c1-4-9-22-28-25-24(26-27-19-13-6-7-14-20(19)30(22)26)21(32-23(31)10-5-2)16-29(25)18-12-8-11-17(3)15-18/h6-8,11-16H,4-5,9-10H2,1-3H3. The molecule has 0 unspecified atom stereocenters. The maximum absolute atomic E-state index is 12.5. The van der Waals surface area contributed by atoms with Crippen molar-refractivity contribution < 1.29 is 9.53 Å². The molecule has 6 heteroatoms. The molecule has 2 aromatic carbocycles. The maximum Gasteiger partial charge on any atom is 0.311 e. The zero-order valence-electron chi connectivity index (χ0n) is 18.6. The molecule has 0 aliphatic rings. The Balaban J connectivity index is 1.88. The Hall–Kier alpha value is -3.67. The van der Waals surface area contributed by atoms with E-state index in [0.29, 0.717) is 12.2 Å². The first-order valence-electron chi connectivity index (χ1n) is 11.2. The number of nitrogens with zero attached hydrogens (tertiary/aromatic N) is 4. The van der Waals surface area contributed by atoms with E-state index in [4.69, 9.17) is 14.7 Å². The van der Waals surface area contributed by atoms with Crippen LogP contribution in [0, 0.1) is 6.92 Å². The first-order chi connectivity index (χ1) is 15.6. The maximum atomic E-state index is 12.5. The number of fused-ring (bicyclic) bond motifs is 5. The van der Waals surface area contributed by atoms with Crippen molar-refractivity contribution in [3.8, 4) is 11.4 Å². The molecular formula is C26H26N4O2. The van der Waals surface area contributed by atoms with Gasteiger partial charge in [-0.25, -0.2) is 9.97 Å². The molecule has 0 aliphatic heterocycles. The molecule has 5 aromatic rings. The van der Waals surface area contributed by atoms with Gasteiger partial charge in [0.15, 0.2) is 17.0 Å². The van der Waals surface area contributed by atoms with Gasteiger partial charge in [0.25, 0.3) is 0 Å². The van der Waals surface area contributed by atoms with E-state index in [1.807, 2.05) is 48.0 Å². The molecule has 162 valence electrons. The normalized spacial score (nSPS) is 11.6. The molecular weight excluding hydrogens is 400 g/mol. The number of carbonyl (C=O) groups is 1. The molecule has 3 aromatic heterocycles. The van der Waals surface area contributed by atoms with Crippen molar-refractivity contribution >= 4 is 33.7 Å². The molecule has 3 heterocycles. The molecule has 0 amide bonds. The van der Waals surface area contributed by atoms with Crippen molar-refractivity contribution in [1.82, 2.24) is 18.9 Å². The fourth-order valence-corrected chi connectivity index (χ4v) is 4.24. The fraction of sp³-hybridized carbons (Fsp3) is 0.269. The van der Waals surface area contributed by atoms with Crippen molar-refractivity contribution in [2.24, 2.45) is 0 Å². The minimum Gasteiger partial charge on any atom is -0.424 e. The molecule has 0 bridgehead atoms. The van der Waals surface area contributed by atoms with E-state index in [1.165, 1.54) is 0 Å². The third kappa shape index (κ3) is 3.32. The van der Waals surface area contributed by atoms with Gasteiger partial charge in [0.1, 0.15) is 11.2 Å². The summed E-state index contributed by atoms with van der Waals surface area (Å²) < 4.78 is 9.97. The molecule has 0 saturated heterocycles. The minimum atomic E-state index is -0.248. The highest BCUT2D eigenvalue weighted by Gasteiger charge is 2.22. The van der Waals surface area contributed by atoms with Crippen LogP contribution in [0.5, 0.6) is 5.75 Å². The molecule has 0 aliphatic carbocycles. The number of hydrogen-bond donors (Lipinski definition) is 0. The predicted octanol–water partition coefficient (Wildman–Crippen LogP) is 5.79. The average molecular weight is 427 g/mol. The summed E-state index contributed by atoms with van der Waals surface area (Å²) in [6.45, 7) is 6.18. The third-order valence-electron chi connectivity index (χ3n) is 5.65. The van der Waals surface area contributed by atoms with Gasteiger partial charge < -0.3 is 4.74 Å². The van der Waals surface area contributed by atoms with Crippen LogP contribution in [0.25, 0.3) is 33.4 Å². The largest absolute Gasteiger partial charge is 0.424 e. The highest BCUT2D eigenvalue weighted by Crippen LogP contribution is 2.35. The van der Waals surface area contributed by atoms with Crippen molar-refractivity contribution in [3.63, 3.8) is 0 Å². The predicted molar refractivity (Wildman–Crippen MR) is 127 cm³/mol. The number of aromatic nitrogens is 4. The number of carbonyl (C=O) groups excluding carboxylic acids is 1. The van der Waals surface area contributed by atoms with Crippen LogP contribution in [0.4, 0.5) is 0 Å². The van der Waals surface area contributed by atoms with E-state index < -0.39 is 0 Å². The molecule has 0 atom stereocenters. The van der Waals surface area contributed by atoms with E-state index in [2.05, 4.69) is 36.4 Å². The summed E-state index contributed by atoms with van der Waals surface area (Å²) in [5.74, 6) is 1.20. The van der Waals surface area contributed by atoms with Crippen LogP contribution < -0.4 is 4.74 Å². The van der Waals surface area contributed by atoms with Crippen molar-refractivity contribution in [1.29, 1.82) is 0 Å². The Morgan fingerprint density at radius 3 is 2.62 bits per heavy atom. The van der Waals surface area contributed by atoms with Crippen LogP contribution in [0.1, 0.15) is 44.5 Å². The number of imidazole rings is 1. The molecule has 0 fully saturated rings. The number of rotatable bonds is 6. The summed E-state index contributed by atoms with van der Waals surface area (Å²) in [5.41, 5.74) is 5.55.